The van der Waals surface area contributed by atoms with Crippen LogP contribution in [0.4, 0.5) is 18.9 Å². The van der Waals surface area contributed by atoms with Gasteiger partial charge in [-0.15, -0.1) is 0 Å². The van der Waals surface area contributed by atoms with E-state index >= 15 is 0 Å². The largest absolute Gasteiger partial charge is 0.414 e. The number of nitrogens with zero attached hydrogens (tertiary/aromatic N) is 1. The van der Waals surface area contributed by atoms with Crippen LogP contribution in [-0.2, 0) is 11.3 Å². The van der Waals surface area contributed by atoms with Crippen molar-refractivity contribution in [3.05, 3.63) is 70.8 Å². The van der Waals surface area contributed by atoms with Gasteiger partial charge in [-0.1, -0.05) is 29.8 Å². The standard InChI is InChI=1S/C19H19ClF3N3O/c1-12(19(21,22)23)27-11-13-3-2-4-14(9-13)17-10-18(24)25-26(17)16-7-5-15(20)6-8-16/h2-10,12,18,25H,11,24H2,1H3/t12-,18?/m1/s1. The van der Waals surface area contributed by atoms with Gasteiger partial charge in [-0.05, 0) is 54.5 Å². The molecule has 144 valence electrons. The number of alkyl halides is 3. The van der Waals surface area contributed by atoms with E-state index in [9.17, 15) is 13.2 Å². The Labute approximate surface area is 160 Å². The summed E-state index contributed by atoms with van der Waals surface area (Å²) in [4.78, 5) is 0. The highest BCUT2D eigenvalue weighted by molar-refractivity contribution is 6.30. The monoisotopic (exact) mass is 397 g/mol. The fourth-order valence-corrected chi connectivity index (χ4v) is 2.79. The van der Waals surface area contributed by atoms with Crippen LogP contribution >= 0.6 is 11.6 Å². The van der Waals surface area contributed by atoms with Crippen molar-refractivity contribution < 1.29 is 17.9 Å². The third-order valence-electron chi connectivity index (χ3n) is 4.13. The Bertz CT molecular complexity index is 824. The zero-order chi connectivity index (χ0) is 19.6. The van der Waals surface area contributed by atoms with Gasteiger partial charge in [0.1, 0.15) is 0 Å². The first-order valence-electron chi connectivity index (χ1n) is 8.31. The molecule has 3 N–H and O–H groups in total. The smallest absolute Gasteiger partial charge is 0.364 e. The molecule has 1 heterocycles. The van der Waals surface area contributed by atoms with Gasteiger partial charge < -0.3 is 10.5 Å². The number of nitrogens with one attached hydrogen (secondary N) is 1. The maximum atomic E-state index is 12.6. The molecular weight excluding hydrogens is 379 g/mol. The average molecular weight is 398 g/mol. The van der Waals surface area contributed by atoms with Gasteiger partial charge in [-0.2, -0.15) is 13.2 Å². The van der Waals surface area contributed by atoms with Crippen molar-refractivity contribution >= 4 is 23.0 Å². The summed E-state index contributed by atoms with van der Waals surface area (Å²) in [5.74, 6) is 0. The first kappa shape index (κ1) is 19.7. The van der Waals surface area contributed by atoms with Crippen LogP contribution in [0.5, 0.6) is 0 Å². The van der Waals surface area contributed by atoms with E-state index in [1.54, 1.807) is 30.3 Å². The van der Waals surface area contributed by atoms with Crippen molar-refractivity contribution in [1.29, 1.82) is 0 Å². The molecule has 0 amide bonds. The molecule has 2 aromatic carbocycles. The molecule has 0 aliphatic carbocycles. The third kappa shape index (κ3) is 4.81. The molecule has 3 rings (SSSR count). The summed E-state index contributed by atoms with van der Waals surface area (Å²) >= 11 is 5.94. The highest BCUT2D eigenvalue weighted by Gasteiger charge is 2.36. The van der Waals surface area contributed by atoms with Crippen LogP contribution in [0.3, 0.4) is 0 Å². The predicted octanol–water partition coefficient (Wildman–Crippen LogP) is 4.46. The molecule has 0 radical (unpaired) electrons. The molecule has 0 fully saturated rings. The van der Waals surface area contributed by atoms with Gasteiger partial charge in [0.25, 0.3) is 0 Å². The Hall–Kier alpha value is -2.06. The quantitative estimate of drug-likeness (QED) is 0.782. The molecule has 1 aliphatic heterocycles. The zero-order valence-corrected chi connectivity index (χ0v) is 15.3. The second kappa shape index (κ2) is 7.90. The molecule has 1 unspecified atom stereocenters. The summed E-state index contributed by atoms with van der Waals surface area (Å²) < 4.78 is 42.8. The fraction of sp³-hybridized carbons (Fsp3) is 0.263. The van der Waals surface area contributed by atoms with E-state index < -0.39 is 12.3 Å². The summed E-state index contributed by atoms with van der Waals surface area (Å²) in [5.41, 5.74) is 12.2. The number of benzene rings is 2. The van der Waals surface area contributed by atoms with Crippen molar-refractivity contribution in [3.8, 4) is 0 Å². The van der Waals surface area contributed by atoms with E-state index in [4.69, 9.17) is 22.1 Å². The van der Waals surface area contributed by atoms with E-state index in [0.29, 0.717) is 10.6 Å². The number of anilines is 1. The molecule has 0 saturated heterocycles. The van der Waals surface area contributed by atoms with Gasteiger partial charge in [0.05, 0.1) is 24.2 Å². The van der Waals surface area contributed by atoms with E-state index in [1.165, 1.54) is 0 Å². The Kier molecular flexibility index (Phi) is 5.76. The van der Waals surface area contributed by atoms with Crippen molar-refractivity contribution in [2.24, 2.45) is 5.73 Å². The minimum Gasteiger partial charge on any atom is -0.364 e. The highest BCUT2D eigenvalue weighted by atomic mass is 35.5. The molecule has 0 saturated carbocycles. The Morgan fingerprint density at radius 2 is 1.93 bits per heavy atom. The van der Waals surface area contributed by atoms with Crippen LogP contribution in [0.25, 0.3) is 5.70 Å². The van der Waals surface area contributed by atoms with Crippen LogP contribution in [0, 0.1) is 0 Å². The second-order valence-corrected chi connectivity index (χ2v) is 6.65. The lowest BCUT2D eigenvalue weighted by molar-refractivity contribution is -0.217. The number of hydrazine groups is 1. The number of hydrogen-bond acceptors (Lipinski definition) is 4. The number of rotatable bonds is 5. The van der Waals surface area contributed by atoms with Crippen LogP contribution < -0.4 is 16.2 Å². The Balaban J connectivity index is 1.80. The lowest BCUT2D eigenvalue weighted by Gasteiger charge is -2.24. The molecule has 1 aliphatic rings. The minimum atomic E-state index is -4.38. The molecule has 2 atom stereocenters. The molecule has 0 spiro atoms. The summed E-state index contributed by atoms with van der Waals surface area (Å²) in [6, 6.07) is 14.4. The normalized spacial score (nSPS) is 18.5. The zero-order valence-electron chi connectivity index (χ0n) is 14.5. The topological polar surface area (TPSA) is 50.5 Å². The number of halogens is 4. The Morgan fingerprint density at radius 3 is 2.59 bits per heavy atom. The van der Waals surface area contributed by atoms with Gasteiger partial charge in [-0.3, -0.25) is 5.01 Å². The molecule has 0 aromatic heterocycles. The molecule has 8 heteroatoms. The second-order valence-electron chi connectivity index (χ2n) is 6.21. The minimum absolute atomic E-state index is 0.137. The van der Waals surface area contributed by atoms with Crippen molar-refractivity contribution in [1.82, 2.24) is 5.43 Å². The number of ether oxygens (including phenoxy) is 1. The average Bonchev–Trinajstić information content (AvgIpc) is 3.01. The van der Waals surface area contributed by atoms with E-state index in [2.05, 4.69) is 5.43 Å². The SMILES string of the molecule is C[C@@H](OCc1cccc(C2=CC(N)NN2c2ccc(Cl)cc2)c1)C(F)(F)F. The summed E-state index contributed by atoms with van der Waals surface area (Å²) in [5, 5.41) is 2.44. The van der Waals surface area contributed by atoms with Crippen LogP contribution in [0.1, 0.15) is 18.1 Å². The van der Waals surface area contributed by atoms with E-state index in [0.717, 1.165) is 23.9 Å². The van der Waals surface area contributed by atoms with Crippen molar-refractivity contribution in [3.63, 3.8) is 0 Å². The maximum Gasteiger partial charge on any atom is 0.414 e. The van der Waals surface area contributed by atoms with Crippen molar-refractivity contribution in [2.45, 2.75) is 32.0 Å². The number of nitrogens with two attached hydrogens (primary N) is 1. The lowest BCUT2D eigenvalue weighted by Crippen LogP contribution is -2.41. The number of hydrogen-bond donors (Lipinski definition) is 2. The first-order valence-corrected chi connectivity index (χ1v) is 8.69. The molecule has 0 bridgehead atoms. The van der Waals surface area contributed by atoms with Gasteiger partial charge >= 0.3 is 6.18 Å². The maximum absolute atomic E-state index is 12.6. The molecule has 2 aromatic rings. The molecule has 27 heavy (non-hydrogen) atoms. The van der Waals surface area contributed by atoms with Gasteiger partial charge in [-0.25, -0.2) is 5.43 Å². The third-order valence-corrected chi connectivity index (χ3v) is 4.38. The van der Waals surface area contributed by atoms with Crippen LogP contribution in [0.2, 0.25) is 5.02 Å². The fourth-order valence-electron chi connectivity index (χ4n) is 2.67. The first-order chi connectivity index (χ1) is 12.7. The van der Waals surface area contributed by atoms with Gasteiger partial charge in [0.2, 0.25) is 0 Å². The summed E-state index contributed by atoms with van der Waals surface area (Å²) in [7, 11) is 0. The van der Waals surface area contributed by atoms with E-state index in [1.807, 2.05) is 29.3 Å². The van der Waals surface area contributed by atoms with Crippen molar-refractivity contribution in [2.75, 3.05) is 5.01 Å². The lowest BCUT2D eigenvalue weighted by atomic mass is 10.1. The summed E-state index contributed by atoms with van der Waals surface area (Å²) in [6.45, 7) is 0.858. The summed E-state index contributed by atoms with van der Waals surface area (Å²) in [6.07, 6.45) is -4.76. The van der Waals surface area contributed by atoms with E-state index in [-0.39, 0.29) is 12.8 Å². The molecular formula is C19H19ClF3N3O. The molecule has 4 nitrogen and oxygen atoms in total. The van der Waals surface area contributed by atoms with Gasteiger partial charge in [0.15, 0.2) is 6.10 Å². The van der Waals surface area contributed by atoms with Crippen LogP contribution in [0.15, 0.2) is 54.6 Å². The Morgan fingerprint density at radius 1 is 1.22 bits per heavy atom. The predicted molar refractivity (Wildman–Crippen MR) is 99.8 cm³/mol. The van der Waals surface area contributed by atoms with Gasteiger partial charge in [0, 0.05) is 5.02 Å². The van der Waals surface area contributed by atoms with Crippen LogP contribution in [-0.4, -0.2) is 18.4 Å². The highest BCUT2D eigenvalue weighted by Crippen LogP contribution is 2.30.